The van der Waals surface area contributed by atoms with E-state index in [0.717, 1.165) is 12.2 Å². The molecule has 1 aliphatic rings. The molecular formula is C16H21N3. The summed E-state index contributed by atoms with van der Waals surface area (Å²) < 4.78 is 0. The molecule has 2 aromatic rings. The molecule has 0 saturated heterocycles. The van der Waals surface area contributed by atoms with Crippen LogP contribution in [0.25, 0.3) is 16.6 Å². The molecule has 100 valence electrons. The molecule has 2 aromatic heterocycles. The Morgan fingerprint density at radius 1 is 1.42 bits per heavy atom. The molecule has 0 aromatic carbocycles. The van der Waals surface area contributed by atoms with Crippen LogP contribution in [0, 0.1) is 5.92 Å². The minimum absolute atomic E-state index is 0.0531. The first-order valence-electron chi connectivity index (χ1n) is 6.86. The Kier molecular flexibility index (Phi) is 2.75. The number of likely N-dealkylation sites (N-methyl/N-ethyl adjacent to an activating group) is 1. The smallest absolute Gasteiger partial charge is 0.137 e. The van der Waals surface area contributed by atoms with Gasteiger partial charge >= 0.3 is 0 Å². The SMILES string of the molecule is CC1C=C(c2c[nH]c3ncccc23)C(C)(C)N(C)C1. The standard InChI is InChI=1S/C16H21N3/c1-11-8-14(16(2,3)19(4)10-11)13-9-18-15-12(13)6-5-7-17-15/h5-9,11H,10H2,1-4H3,(H,17,18). The molecule has 0 spiro atoms. The molecule has 0 radical (unpaired) electrons. The lowest BCUT2D eigenvalue weighted by molar-refractivity contribution is 0.185. The van der Waals surface area contributed by atoms with E-state index in [4.69, 9.17) is 0 Å². The van der Waals surface area contributed by atoms with E-state index in [0.29, 0.717) is 5.92 Å². The predicted octanol–water partition coefficient (Wildman–Crippen LogP) is 3.31. The van der Waals surface area contributed by atoms with Gasteiger partial charge in [0.2, 0.25) is 0 Å². The molecule has 19 heavy (non-hydrogen) atoms. The van der Waals surface area contributed by atoms with Crippen molar-refractivity contribution in [2.24, 2.45) is 5.92 Å². The lowest BCUT2D eigenvalue weighted by Gasteiger charge is -2.43. The van der Waals surface area contributed by atoms with Gasteiger partial charge in [-0.05, 0) is 44.5 Å². The number of rotatable bonds is 1. The topological polar surface area (TPSA) is 31.9 Å². The number of aromatic amines is 1. The number of nitrogens with one attached hydrogen (secondary N) is 1. The fourth-order valence-electron chi connectivity index (χ4n) is 3.01. The Bertz CT molecular complexity index is 636. The second-order valence-corrected chi connectivity index (χ2v) is 6.10. The van der Waals surface area contributed by atoms with Gasteiger partial charge in [0.15, 0.2) is 0 Å². The Balaban J connectivity index is 2.19. The van der Waals surface area contributed by atoms with E-state index in [1.807, 2.05) is 12.3 Å². The molecule has 0 fully saturated rings. The second-order valence-electron chi connectivity index (χ2n) is 6.10. The highest BCUT2D eigenvalue weighted by Crippen LogP contribution is 2.39. The number of hydrogen-bond donors (Lipinski definition) is 1. The third-order valence-electron chi connectivity index (χ3n) is 4.37. The van der Waals surface area contributed by atoms with Crippen LogP contribution in [-0.2, 0) is 0 Å². The highest BCUT2D eigenvalue weighted by molar-refractivity contribution is 5.92. The third-order valence-corrected chi connectivity index (χ3v) is 4.37. The van der Waals surface area contributed by atoms with Crippen molar-refractivity contribution in [3.05, 3.63) is 36.2 Å². The lowest BCUT2D eigenvalue weighted by Crippen LogP contribution is -2.47. The van der Waals surface area contributed by atoms with E-state index in [2.05, 4.69) is 61.0 Å². The molecule has 0 saturated carbocycles. The van der Waals surface area contributed by atoms with Crippen LogP contribution in [0.15, 0.2) is 30.6 Å². The average molecular weight is 255 g/mol. The molecule has 1 unspecified atom stereocenters. The number of hydrogen-bond acceptors (Lipinski definition) is 2. The molecule has 3 heteroatoms. The van der Waals surface area contributed by atoms with E-state index >= 15 is 0 Å². The second kappa shape index (κ2) is 4.20. The number of aromatic nitrogens is 2. The van der Waals surface area contributed by atoms with Gasteiger partial charge in [0.25, 0.3) is 0 Å². The Morgan fingerprint density at radius 2 is 2.21 bits per heavy atom. The van der Waals surface area contributed by atoms with Gasteiger partial charge < -0.3 is 4.98 Å². The zero-order chi connectivity index (χ0) is 13.6. The predicted molar refractivity (Wildman–Crippen MR) is 79.9 cm³/mol. The molecule has 3 rings (SSSR count). The molecule has 1 atom stereocenters. The maximum atomic E-state index is 4.39. The number of fused-ring (bicyclic) bond motifs is 1. The van der Waals surface area contributed by atoms with E-state index in [9.17, 15) is 0 Å². The molecule has 3 nitrogen and oxygen atoms in total. The van der Waals surface area contributed by atoms with E-state index in [1.165, 1.54) is 16.5 Å². The summed E-state index contributed by atoms with van der Waals surface area (Å²) in [5, 5.41) is 1.21. The van der Waals surface area contributed by atoms with Gasteiger partial charge in [0, 0.05) is 35.4 Å². The van der Waals surface area contributed by atoms with Crippen molar-refractivity contribution in [2.75, 3.05) is 13.6 Å². The van der Waals surface area contributed by atoms with Crippen molar-refractivity contribution in [1.82, 2.24) is 14.9 Å². The summed E-state index contributed by atoms with van der Waals surface area (Å²) in [6.07, 6.45) is 6.34. The van der Waals surface area contributed by atoms with Crippen LogP contribution in [0.1, 0.15) is 26.3 Å². The van der Waals surface area contributed by atoms with Crippen LogP contribution in [0.5, 0.6) is 0 Å². The molecule has 1 N–H and O–H groups in total. The molecule has 0 bridgehead atoms. The molecule has 0 amide bonds. The first-order chi connectivity index (χ1) is 9.00. The molecule has 3 heterocycles. The summed E-state index contributed by atoms with van der Waals surface area (Å²) in [6.45, 7) is 7.97. The molecule has 1 aliphatic heterocycles. The number of H-pyrrole nitrogens is 1. The van der Waals surface area contributed by atoms with E-state index < -0.39 is 0 Å². The summed E-state index contributed by atoms with van der Waals surface area (Å²) in [5.41, 5.74) is 3.70. The highest BCUT2D eigenvalue weighted by atomic mass is 15.2. The van der Waals surface area contributed by atoms with Gasteiger partial charge in [-0.1, -0.05) is 13.0 Å². The first-order valence-corrected chi connectivity index (χ1v) is 6.86. The summed E-state index contributed by atoms with van der Waals surface area (Å²) in [5.74, 6) is 0.578. The zero-order valence-electron chi connectivity index (χ0n) is 12.1. The fraction of sp³-hybridized carbons (Fsp3) is 0.438. The van der Waals surface area contributed by atoms with Crippen molar-refractivity contribution in [2.45, 2.75) is 26.3 Å². The van der Waals surface area contributed by atoms with Crippen LogP contribution < -0.4 is 0 Å². The molecule has 0 aliphatic carbocycles. The van der Waals surface area contributed by atoms with E-state index in [1.54, 1.807) is 0 Å². The third kappa shape index (κ3) is 1.89. The van der Waals surface area contributed by atoms with Crippen molar-refractivity contribution in [3.63, 3.8) is 0 Å². The number of nitrogens with zero attached hydrogens (tertiary/aromatic N) is 2. The zero-order valence-corrected chi connectivity index (χ0v) is 12.1. The first kappa shape index (κ1) is 12.4. The quantitative estimate of drug-likeness (QED) is 0.847. The summed E-state index contributed by atoms with van der Waals surface area (Å²) in [4.78, 5) is 10.1. The highest BCUT2D eigenvalue weighted by Gasteiger charge is 2.34. The maximum Gasteiger partial charge on any atom is 0.137 e. The minimum Gasteiger partial charge on any atom is -0.346 e. The van der Waals surface area contributed by atoms with Crippen molar-refractivity contribution >= 4 is 16.6 Å². The van der Waals surface area contributed by atoms with Crippen LogP contribution in [0.3, 0.4) is 0 Å². The van der Waals surface area contributed by atoms with Gasteiger partial charge in [-0.2, -0.15) is 0 Å². The Labute approximate surface area is 114 Å². The van der Waals surface area contributed by atoms with Crippen LogP contribution in [0.2, 0.25) is 0 Å². The van der Waals surface area contributed by atoms with Gasteiger partial charge in [-0.15, -0.1) is 0 Å². The van der Waals surface area contributed by atoms with Crippen molar-refractivity contribution in [3.8, 4) is 0 Å². The van der Waals surface area contributed by atoms with Gasteiger partial charge in [0.05, 0.1) is 0 Å². The summed E-state index contributed by atoms with van der Waals surface area (Å²) >= 11 is 0. The monoisotopic (exact) mass is 255 g/mol. The van der Waals surface area contributed by atoms with Crippen LogP contribution in [-0.4, -0.2) is 34.0 Å². The van der Waals surface area contributed by atoms with Crippen molar-refractivity contribution < 1.29 is 0 Å². The average Bonchev–Trinajstić information content (AvgIpc) is 2.78. The largest absolute Gasteiger partial charge is 0.346 e. The van der Waals surface area contributed by atoms with Gasteiger partial charge in [-0.25, -0.2) is 4.98 Å². The summed E-state index contributed by atoms with van der Waals surface area (Å²) in [7, 11) is 2.20. The van der Waals surface area contributed by atoms with Gasteiger partial charge in [0.1, 0.15) is 5.65 Å². The maximum absolute atomic E-state index is 4.39. The lowest BCUT2D eigenvalue weighted by atomic mass is 9.81. The van der Waals surface area contributed by atoms with Crippen molar-refractivity contribution in [1.29, 1.82) is 0 Å². The Hall–Kier alpha value is -1.61. The van der Waals surface area contributed by atoms with Crippen LogP contribution in [0.4, 0.5) is 0 Å². The normalized spacial score (nSPS) is 23.6. The fourth-order valence-corrected chi connectivity index (χ4v) is 3.01. The molecular weight excluding hydrogens is 234 g/mol. The summed E-state index contributed by atoms with van der Waals surface area (Å²) in [6, 6.07) is 4.15. The minimum atomic E-state index is 0.0531. The van der Waals surface area contributed by atoms with Crippen LogP contribution >= 0.6 is 0 Å². The Morgan fingerprint density at radius 3 is 3.00 bits per heavy atom. The number of pyridine rings is 1. The van der Waals surface area contributed by atoms with Gasteiger partial charge in [-0.3, -0.25) is 4.90 Å². The van der Waals surface area contributed by atoms with E-state index in [-0.39, 0.29) is 5.54 Å².